The first-order valence-electron chi connectivity index (χ1n) is 9.65. The molecule has 1 aromatic heterocycles. The van der Waals surface area contributed by atoms with Gasteiger partial charge in [-0.15, -0.1) is 0 Å². The number of ether oxygens (including phenoxy) is 1. The molecule has 0 saturated heterocycles. The molecule has 2 aromatic carbocycles. The Kier molecular flexibility index (Phi) is 6.02. The van der Waals surface area contributed by atoms with Crippen LogP contribution in [0.3, 0.4) is 0 Å². The average molecular weight is 419 g/mol. The smallest absolute Gasteiger partial charge is 0.322 e. The maximum absolute atomic E-state index is 13.6. The van der Waals surface area contributed by atoms with E-state index in [0.29, 0.717) is 22.6 Å². The Hall–Kier alpha value is -3.79. The number of aromatic nitrogens is 2. The second-order valence-electron chi connectivity index (χ2n) is 8.20. The highest BCUT2D eigenvalue weighted by atomic mass is 19.1. The number of carboxylic acid groups (broad SMARTS) is 1. The van der Waals surface area contributed by atoms with Crippen LogP contribution in [-0.4, -0.2) is 21.0 Å². The van der Waals surface area contributed by atoms with Crippen LogP contribution in [0.4, 0.5) is 4.39 Å². The number of rotatable bonds is 6. The van der Waals surface area contributed by atoms with Crippen LogP contribution in [0.25, 0.3) is 0 Å². The zero-order valence-corrected chi connectivity index (χ0v) is 17.5. The molecule has 0 saturated carbocycles. The molecule has 0 spiro atoms. The van der Waals surface area contributed by atoms with Crippen molar-refractivity contribution < 1.29 is 19.0 Å². The maximum atomic E-state index is 13.6. The van der Waals surface area contributed by atoms with Crippen molar-refractivity contribution in [3.63, 3.8) is 0 Å². The van der Waals surface area contributed by atoms with Crippen molar-refractivity contribution in [2.75, 3.05) is 0 Å². The highest BCUT2D eigenvalue weighted by Gasteiger charge is 2.48. The highest BCUT2D eigenvalue weighted by Crippen LogP contribution is 2.49. The molecule has 0 fully saturated rings. The van der Waals surface area contributed by atoms with Gasteiger partial charge in [-0.25, -0.2) is 9.37 Å². The fourth-order valence-corrected chi connectivity index (χ4v) is 3.71. The van der Waals surface area contributed by atoms with E-state index < -0.39 is 22.6 Å². The summed E-state index contributed by atoms with van der Waals surface area (Å²) in [6.07, 6.45) is 1.25. The van der Waals surface area contributed by atoms with E-state index in [4.69, 9.17) is 10.00 Å². The topological polar surface area (TPSA) is 96.1 Å². The number of nitrogens with zero attached hydrogens (tertiary/aromatic N) is 3. The van der Waals surface area contributed by atoms with Gasteiger partial charge in [0.15, 0.2) is 0 Å². The quantitative estimate of drug-likeness (QED) is 0.598. The SMILES string of the molecule is CC(C)(C)C(CC(=O)O)(c1ccc(F)cc1)c1ccnc(Oc2ccc(C#N)cc2)n1. The largest absolute Gasteiger partial charge is 0.481 e. The lowest BCUT2D eigenvalue weighted by molar-refractivity contribution is -0.139. The summed E-state index contributed by atoms with van der Waals surface area (Å²) in [4.78, 5) is 20.6. The van der Waals surface area contributed by atoms with E-state index in [2.05, 4.69) is 9.97 Å². The van der Waals surface area contributed by atoms with Crippen molar-refractivity contribution in [2.24, 2.45) is 5.41 Å². The number of carboxylic acids is 1. The van der Waals surface area contributed by atoms with Crippen molar-refractivity contribution in [1.29, 1.82) is 5.26 Å². The summed E-state index contributed by atoms with van der Waals surface area (Å²) >= 11 is 0. The van der Waals surface area contributed by atoms with Gasteiger partial charge in [0.25, 0.3) is 0 Å². The minimum atomic E-state index is -1.07. The van der Waals surface area contributed by atoms with E-state index in [-0.39, 0.29) is 12.4 Å². The summed E-state index contributed by atoms with van der Waals surface area (Å²) in [6, 6.07) is 16.0. The van der Waals surface area contributed by atoms with Gasteiger partial charge in [-0.3, -0.25) is 4.79 Å². The molecule has 3 rings (SSSR count). The third-order valence-corrected chi connectivity index (χ3v) is 5.30. The zero-order chi connectivity index (χ0) is 22.6. The van der Waals surface area contributed by atoms with Crippen LogP contribution in [0.15, 0.2) is 60.8 Å². The van der Waals surface area contributed by atoms with Crippen molar-refractivity contribution >= 4 is 5.97 Å². The molecule has 1 atom stereocenters. The predicted octanol–water partition coefficient (Wildman–Crippen LogP) is 5.09. The molecule has 1 N–H and O–H groups in total. The van der Waals surface area contributed by atoms with Crippen molar-refractivity contribution in [1.82, 2.24) is 9.97 Å². The number of hydrogen-bond donors (Lipinski definition) is 1. The van der Waals surface area contributed by atoms with Crippen LogP contribution >= 0.6 is 0 Å². The van der Waals surface area contributed by atoms with Gasteiger partial charge in [0.05, 0.1) is 29.2 Å². The summed E-state index contributed by atoms with van der Waals surface area (Å²) in [5.41, 5.74) is -0.0901. The number of nitriles is 1. The van der Waals surface area contributed by atoms with Crippen LogP contribution < -0.4 is 4.74 Å². The van der Waals surface area contributed by atoms with Gasteiger partial charge in [-0.2, -0.15) is 10.2 Å². The molecule has 0 aliphatic carbocycles. The molecule has 3 aromatic rings. The Bertz CT molecular complexity index is 1120. The van der Waals surface area contributed by atoms with E-state index >= 15 is 0 Å². The summed E-state index contributed by atoms with van der Waals surface area (Å²) in [5, 5.41) is 18.7. The maximum Gasteiger partial charge on any atom is 0.322 e. The number of carbonyl (C=O) groups is 1. The van der Waals surface area contributed by atoms with Gasteiger partial charge in [0.1, 0.15) is 11.6 Å². The van der Waals surface area contributed by atoms with Crippen LogP contribution in [0.5, 0.6) is 11.8 Å². The lowest BCUT2D eigenvalue weighted by Gasteiger charge is -2.44. The first kappa shape index (κ1) is 21.9. The van der Waals surface area contributed by atoms with E-state index in [1.54, 1.807) is 42.5 Å². The van der Waals surface area contributed by atoms with Crippen molar-refractivity contribution in [3.8, 4) is 17.8 Å². The van der Waals surface area contributed by atoms with Crippen molar-refractivity contribution in [2.45, 2.75) is 32.6 Å². The second-order valence-corrected chi connectivity index (χ2v) is 8.20. The van der Waals surface area contributed by atoms with Crippen LogP contribution in [0.1, 0.15) is 44.0 Å². The molecular weight excluding hydrogens is 397 g/mol. The van der Waals surface area contributed by atoms with E-state index in [1.807, 2.05) is 26.8 Å². The lowest BCUT2D eigenvalue weighted by atomic mass is 9.59. The lowest BCUT2D eigenvalue weighted by Crippen LogP contribution is -2.44. The third kappa shape index (κ3) is 4.53. The van der Waals surface area contributed by atoms with Gasteiger partial charge in [0, 0.05) is 6.20 Å². The Morgan fingerprint density at radius 1 is 1.10 bits per heavy atom. The third-order valence-electron chi connectivity index (χ3n) is 5.30. The predicted molar refractivity (Wildman–Crippen MR) is 112 cm³/mol. The second kappa shape index (κ2) is 8.52. The molecule has 158 valence electrons. The van der Waals surface area contributed by atoms with Crippen LogP contribution in [0, 0.1) is 22.6 Å². The molecular formula is C24H22FN3O3. The molecule has 7 heteroatoms. The van der Waals surface area contributed by atoms with Crippen LogP contribution in [0.2, 0.25) is 0 Å². The summed E-state index contributed by atoms with van der Waals surface area (Å²) in [6.45, 7) is 5.76. The standard InChI is InChI=1S/C24H22FN3O3/c1-23(2,3)24(14-21(29)30,17-6-8-18(25)9-7-17)20-12-13-27-22(28-20)31-19-10-4-16(15-26)5-11-19/h4-13H,14H2,1-3H3,(H,29,30). The van der Waals surface area contributed by atoms with Gasteiger partial charge in [-0.05, 0) is 53.4 Å². The average Bonchev–Trinajstić information content (AvgIpc) is 2.72. The molecule has 0 radical (unpaired) electrons. The van der Waals surface area contributed by atoms with Crippen molar-refractivity contribution in [3.05, 3.63) is 83.4 Å². The van der Waals surface area contributed by atoms with Gasteiger partial charge < -0.3 is 9.84 Å². The number of aliphatic carboxylic acids is 1. The zero-order valence-electron chi connectivity index (χ0n) is 17.5. The molecule has 0 bridgehead atoms. The van der Waals surface area contributed by atoms with E-state index in [1.165, 1.54) is 18.3 Å². The highest BCUT2D eigenvalue weighted by molar-refractivity contribution is 5.71. The Morgan fingerprint density at radius 3 is 2.29 bits per heavy atom. The number of halogens is 1. The first-order chi connectivity index (χ1) is 14.7. The Morgan fingerprint density at radius 2 is 1.74 bits per heavy atom. The summed E-state index contributed by atoms with van der Waals surface area (Å²) in [7, 11) is 0. The van der Waals surface area contributed by atoms with E-state index in [9.17, 15) is 14.3 Å². The molecule has 0 aliphatic heterocycles. The fraction of sp³-hybridized carbons (Fsp3) is 0.250. The molecule has 0 aliphatic rings. The van der Waals surface area contributed by atoms with Crippen LogP contribution in [-0.2, 0) is 10.2 Å². The molecule has 6 nitrogen and oxygen atoms in total. The normalized spacial score (nSPS) is 13.1. The Labute approximate surface area is 180 Å². The summed E-state index contributed by atoms with van der Waals surface area (Å²) < 4.78 is 19.4. The fourth-order valence-electron chi connectivity index (χ4n) is 3.71. The van der Waals surface area contributed by atoms with Gasteiger partial charge in [-0.1, -0.05) is 32.9 Å². The number of hydrogen-bond acceptors (Lipinski definition) is 5. The summed E-state index contributed by atoms with van der Waals surface area (Å²) in [5.74, 6) is -0.973. The van der Waals surface area contributed by atoms with Gasteiger partial charge in [0.2, 0.25) is 0 Å². The number of benzene rings is 2. The minimum Gasteiger partial charge on any atom is -0.481 e. The minimum absolute atomic E-state index is 0.0448. The molecule has 0 amide bonds. The Balaban J connectivity index is 2.12. The monoisotopic (exact) mass is 419 g/mol. The van der Waals surface area contributed by atoms with Gasteiger partial charge >= 0.3 is 12.0 Å². The molecule has 31 heavy (non-hydrogen) atoms. The first-order valence-corrected chi connectivity index (χ1v) is 9.65. The van der Waals surface area contributed by atoms with E-state index in [0.717, 1.165) is 0 Å². The molecule has 1 heterocycles. The molecule has 1 unspecified atom stereocenters.